The van der Waals surface area contributed by atoms with Gasteiger partial charge in [0, 0.05) is 0 Å². The number of halogens is 7. The van der Waals surface area contributed by atoms with E-state index in [-0.39, 0.29) is 0 Å². The molecule has 0 nitrogen and oxygen atoms in total. The highest BCUT2D eigenvalue weighted by Crippen LogP contribution is 2.34. The first-order valence-electron chi connectivity index (χ1n) is 3.62. The van der Waals surface area contributed by atoms with Crippen LogP contribution >= 0.6 is 0 Å². The molecule has 0 saturated carbocycles. The standard InChI is InChI=1S/C7H8F7/c1-2-3(8)7(13,14)5(10)4(9)6(11)12/h3-6H,1-2H2/t3?,4?,5-/m0/s1. The molecule has 0 aliphatic heterocycles. The van der Waals surface area contributed by atoms with Crippen LogP contribution < -0.4 is 0 Å². The number of rotatable bonds is 5. The first-order valence-corrected chi connectivity index (χ1v) is 3.62. The Hall–Kier alpha value is -0.490. The fraction of sp³-hybridized carbons (Fsp3) is 0.857. The van der Waals surface area contributed by atoms with Gasteiger partial charge in [-0.25, -0.2) is 30.7 Å². The second-order valence-corrected chi connectivity index (χ2v) is 2.61. The van der Waals surface area contributed by atoms with Gasteiger partial charge in [0.2, 0.25) is 6.17 Å². The molecule has 0 rings (SSSR count). The SMILES string of the molecule is [CH2]CC(F)C(F)(F)[C@@H](F)C(F)C(F)F. The molecule has 2 unspecified atom stereocenters. The lowest BCUT2D eigenvalue weighted by Crippen LogP contribution is -2.46. The molecule has 0 fully saturated rings. The average molecular weight is 225 g/mol. The third-order valence-corrected chi connectivity index (χ3v) is 1.56. The van der Waals surface area contributed by atoms with Crippen LogP contribution in [-0.2, 0) is 0 Å². The van der Waals surface area contributed by atoms with Gasteiger partial charge in [-0.1, -0.05) is 6.92 Å². The van der Waals surface area contributed by atoms with E-state index in [9.17, 15) is 30.7 Å². The first kappa shape index (κ1) is 13.5. The Morgan fingerprint density at radius 3 is 1.71 bits per heavy atom. The molecule has 0 amide bonds. The molecule has 1 radical (unpaired) electrons. The van der Waals surface area contributed by atoms with Crippen molar-refractivity contribution in [3.8, 4) is 0 Å². The summed E-state index contributed by atoms with van der Waals surface area (Å²) in [6.45, 7) is 2.71. The summed E-state index contributed by atoms with van der Waals surface area (Å²) in [5.74, 6) is -4.78. The molecular formula is C7H8F7. The van der Waals surface area contributed by atoms with Crippen LogP contribution in [0.2, 0.25) is 0 Å². The van der Waals surface area contributed by atoms with Crippen molar-refractivity contribution in [2.24, 2.45) is 0 Å². The van der Waals surface area contributed by atoms with Gasteiger partial charge in [0.25, 0.3) is 6.43 Å². The van der Waals surface area contributed by atoms with E-state index in [0.717, 1.165) is 0 Å². The highest BCUT2D eigenvalue weighted by atomic mass is 19.3. The van der Waals surface area contributed by atoms with E-state index in [0.29, 0.717) is 0 Å². The average Bonchev–Trinajstić information content (AvgIpc) is 2.13. The minimum atomic E-state index is -4.78. The maximum atomic E-state index is 12.5. The van der Waals surface area contributed by atoms with Gasteiger partial charge >= 0.3 is 5.92 Å². The summed E-state index contributed by atoms with van der Waals surface area (Å²) in [4.78, 5) is 0. The van der Waals surface area contributed by atoms with E-state index in [2.05, 4.69) is 6.92 Å². The van der Waals surface area contributed by atoms with Crippen molar-refractivity contribution in [1.29, 1.82) is 0 Å². The normalized spacial score (nSPS) is 19.5. The highest BCUT2D eigenvalue weighted by molar-refractivity contribution is 4.90. The van der Waals surface area contributed by atoms with Crippen LogP contribution in [0.1, 0.15) is 6.42 Å². The summed E-state index contributed by atoms with van der Waals surface area (Å²) in [5, 5.41) is 0. The smallest absolute Gasteiger partial charge is 0.241 e. The number of alkyl halides is 7. The molecule has 3 atom stereocenters. The van der Waals surface area contributed by atoms with Crippen molar-refractivity contribution in [3.05, 3.63) is 6.92 Å². The molecule has 0 aliphatic rings. The van der Waals surface area contributed by atoms with Crippen LogP contribution in [0.3, 0.4) is 0 Å². The summed E-state index contributed by atoms with van der Waals surface area (Å²) in [6, 6.07) is 0. The maximum Gasteiger partial charge on any atom is 0.312 e. The van der Waals surface area contributed by atoms with Crippen LogP contribution in [0, 0.1) is 6.92 Å². The molecule has 0 spiro atoms. The van der Waals surface area contributed by atoms with E-state index < -0.39 is 37.3 Å². The van der Waals surface area contributed by atoms with Gasteiger partial charge in [0.1, 0.15) is 0 Å². The molecule has 14 heavy (non-hydrogen) atoms. The fourth-order valence-electron chi connectivity index (χ4n) is 0.705. The van der Waals surface area contributed by atoms with E-state index in [1.807, 2.05) is 0 Å². The molecule has 0 aromatic rings. The van der Waals surface area contributed by atoms with Gasteiger partial charge in [0.05, 0.1) is 0 Å². The van der Waals surface area contributed by atoms with Gasteiger partial charge in [0.15, 0.2) is 12.3 Å². The van der Waals surface area contributed by atoms with Gasteiger partial charge in [-0.15, -0.1) is 0 Å². The molecular weight excluding hydrogens is 217 g/mol. The zero-order valence-corrected chi connectivity index (χ0v) is 6.87. The quantitative estimate of drug-likeness (QED) is 0.630. The second kappa shape index (κ2) is 4.84. The second-order valence-electron chi connectivity index (χ2n) is 2.61. The van der Waals surface area contributed by atoms with Crippen molar-refractivity contribution >= 4 is 0 Å². The monoisotopic (exact) mass is 225 g/mol. The molecule has 0 aliphatic carbocycles. The maximum absolute atomic E-state index is 12.5. The number of hydrogen-bond acceptors (Lipinski definition) is 0. The van der Waals surface area contributed by atoms with E-state index in [1.165, 1.54) is 0 Å². The lowest BCUT2D eigenvalue weighted by molar-refractivity contribution is -0.163. The Bertz CT molecular complexity index is 169. The summed E-state index contributed by atoms with van der Waals surface area (Å²) < 4.78 is 84.7. The molecule has 0 heterocycles. The highest BCUT2D eigenvalue weighted by Gasteiger charge is 2.53. The Kier molecular flexibility index (Phi) is 4.67. The predicted octanol–water partition coefficient (Wildman–Crippen LogP) is 3.13. The topological polar surface area (TPSA) is 0 Å². The van der Waals surface area contributed by atoms with Crippen molar-refractivity contribution in [3.63, 3.8) is 0 Å². The summed E-state index contributed by atoms with van der Waals surface area (Å²) in [7, 11) is 0. The van der Waals surface area contributed by atoms with Crippen LogP contribution in [0.25, 0.3) is 0 Å². The Morgan fingerprint density at radius 1 is 1.00 bits per heavy atom. The minimum Gasteiger partial charge on any atom is -0.241 e. The lowest BCUT2D eigenvalue weighted by atomic mass is 10.0. The summed E-state index contributed by atoms with van der Waals surface area (Å²) in [5.41, 5.74) is 0. The van der Waals surface area contributed by atoms with Crippen LogP contribution in [0.4, 0.5) is 30.7 Å². The zero-order chi connectivity index (χ0) is 11.5. The predicted molar refractivity (Wildman–Crippen MR) is 35.6 cm³/mol. The van der Waals surface area contributed by atoms with Gasteiger partial charge in [-0.3, -0.25) is 0 Å². The molecule has 0 bridgehead atoms. The van der Waals surface area contributed by atoms with Crippen molar-refractivity contribution in [1.82, 2.24) is 0 Å². The molecule has 0 aromatic carbocycles. The number of hydrogen-bond donors (Lipinski definition) is 0. The van der Waals surface area contributed by atoms with Gasteiger partial charge < -0.3 is 0 Å². The van der Waals surface area contributed by atoms with Gasteiger partial charge in [-0.2, -0.15) is 0 Å². The van der Waals surface area contributed by atoms with Crippen LogP contribution in [-0.4, -0.2) is 30.9 Å². The zero-order valence-electron chi connectivity index (χ0n) is 6.87. The summed E-state index contributed by atoms with van der Waals surface area (Å²) >= 11 is 0. The molecule has 0 N–H and O–H groups in total. The molecule has 0 saturated heterocycles. The first-order chi connectivity index (χ1) is 6.25. The lowest BCUT2D eigenvalue weighted by Gasteiger charge is -2.25. The van der Waals surface area contributed by atoms with E-state index in [4.69, 9.17) is 0 Å². The van der Waals surface area contributed by atoms with E-state index in [1.54, 1.807) is 0 Å². The van der Waals surface area contributed by atoms with Crippen LogP contribution in [0.15, 0.2) is 0 Å². The van der Waals surface area contributed by atoms with Gasteiger partial charge in [-0.05, 0) is 6.42 Å². The van der Waals surface area contributed by atoms with Crippen molar-refractivity contribution < 1.29 is 30.7 Å². The molecule has 85 valence electrons. The third-order valence-electron chi connectivity index (χ3n) is 1.56. The van der Waals surface area contributed by atoms with Crippen molar-refractivity contribution in [2.75, 3.05) is 0 Å². The molecule has 7 heteroatoms. The van der Waals surface area contributed by atoms with E-state index >= 15 is 0 Å². The Balaban J connectivity index is 4.56. The van der Waals surface area contributed by atoms with Crippen LogP contribution in [0.5, 0.6) is 0 Å². The largest absolute Gasteiger partial charge is 0.312 e. The Morgan fingerprint density at radius 2 is 1.43 bits per heavy atom. The minimum absolute atomic E-state index is 1.02. The molecule has 0 aromatic heterocycles. The third kappa shape index (κ3) is 2.75. The van der Waals surface area contributed by atoms with Crippen molar-refractivity contribution in [2.45, 2.75) is 37.3 Å². The Labute approximate surface area is 76.1 Å². The fourth-order valence-corrected chi connectivity index (χ4v) is 0.705. The summed E-state index contributed by atoms with van der Waals surface area (Å²) in [6.07, 6.45) is -15.6.